The van der Waals surface area contributed by atoms with Gasteiger partial charge in [-0.3, -0.25) is 4.31 Å². The number of ether oxygens (including phenoxy) is 2. The average Bonchev–Trinajstić information content (AvgIpc) is 2.56. The minimum Gasteiger partial charge on any atom is -0.486 e. The third-order valence-electron chi connectivity index (χ3n) is 4.03. The van der Waals surface area contributed by atoms with Crippen LogP contribution in [-0.2, 0) is 10.0 Å². The molecule has 0 radical (unpaired) electrons. The lowest BCUT2D eigenvalue weighted by Gasteiger charge is -2.23. The van der Waals surface area contributed by atoms with Crippen molar-refractivity contribution in [2.75, 3.05) is 24.6 Å². The molecule has 2 aromatic rings. The standard InChI is InChI=1S/C17H19NO4S/c1-12-4-6-15(10-13(12)2)23(19,20)18(3)14-5-7-16-17(11-14)22-9-8-21-16/h4-7,10-11H,8-9H2,1-3H3. The summed E-state index contributed by atoms with van der Waals surface area (Å²) in [6, 6.07) is 10.3. The van der Waals surface area contributed by atoms with Crippen LogP contribution in [-0.4, -0.2) is 28.7 Å². The summed E-state index contributed by atoms with van der Waals surface area (Å²) in [6.07, 6.45) is 0. The third-order valence-corrected chi connectivity index (χ3v) is 5.81. The number of benzene rings is 2. The van der Waals surface area contributed by atoms with Crippen molar-refractivity contribution in [1.29, 1.82) is 0 Å². The van der Waals surface area contributed by atoms with Crippen LogP contribution in [0, 0.1) is 13.8 Å². The van der Waals surface area contributed by atoms with E-state index in [9.17, 15) is 8.42 Å². The molecule has 2 aromatic carbocycles. The van der Waals surface area contributed by atoms with E-state index in [4.69, 9.17) is 9.47 Å². The van der Waals surface area contributed by atoms with Gasteiger partial charge in [0.2, 0.25) is 0 Å². The van der Waals surface area contributed by atoms with E-state index in [1.807, 2.05) is 19.9 Å². The highest BCUT2D eigenvalue weighted by Crippen LogP contribution is 2.35. The number of fused-ring (bicyclic) bond motifs is 1. The van der Waals surface area contributed by atoms with Crippen LogP contribution in [0.3, 0.4) is 0 Å². The van der Waals surface area contributed by atoms with Crippen molar-refractivity contribution in [3.05, 3.63) is 47.5 Å². The second kappa shape index (κ2) is 5.77. The van der Waals surface area contributed by atoms with Gasteiger partial charge in [-0.25, -0.2) is 8.42 Å². The molecule has 3 rings (SSSR count). The summed E-state index contributed by atoms with van der Waals surface area (Å²) in [7, 11) is -2.08. The van der Waals surface area contributed by atoms with Crippen LogP contribution in [0.15, 0.2) is 41.3 Å². The van der Waals surface area contributed by atoms with E-state index in [1.54, 1.807) is 30.3 Å². The predicted molar refractivity (Wildman–Crippen MR) is 88.9 cm³/mol. The maximum atomic E-state index is 12.8. The van der Waals surface area contributed by atoms with Crippen molar-refractivity contribution >= 4 is 15.7 Å². The van der Waals surface area contributed by atoms with Crippen LogP contribution in [0.4, 0.5) is 5.69 Å². The monoisotopic (exact) mass is 333 g/mol. The SMILES string of the molecule is Cc1ccc(S(=O)(=O)N(C)c2ccc3c(c2)OCCO3)cc1C. The smallest absolute Gasteiger partial charge is 0.264 e. The normalized spacial score (nSPS) is 13.7. The number of anilines is 1. The Morgan fingerprint density at radius 3 is 2.30 bits per heavy atom. The van der Waals surface area contributed by atoms with Gasteiger partial charge in [-0.15, -0.1) is 0 Å². The molecule has 122 valence electrons. The van der Waals surface area contributed by atoms with E-state index in [0.717, 1.165) is 11.1 Å². The number of nitrogens with zero attached hydrogens (tertiary/aromatic N) is 1. The zero-order valence-electron chi connectivity index (χ0n) is 13.4. The second-order valence-electron chi connectivity index (χ2n) is 5.55. The molecule has 0 saturated heterocycles. The van der Waals surface area contributed by atoms with Crippen LogP contribution in [0.5, 0.6) is 11.5 Å². The van der Waals surface area contributed by atoms with Gasteiger partial charge in [0, 0.05) is 13.1 Å². The Kier molecular flexibility index (Phi) is 3.93. The molecular weight excluding hydrogens is 314 g/mol. The lowest BCUT2D eigenvalue weighted by atomic mass is 10.1. The largest absolute Gasteiger partial charge is 0.486 e. The fourth-order valence-corrected chi connectivity index (χ4v) is 3.67. The summed E-state index contributed by atoms with van der Waals surface area (Å²) in [4.78, 5) is 0.276. The van der Waals surface area contributed by atoms with Gasteiger partial charge in [0.05, 0.1) is 10.6 Å². The van der Waals surface area contributed by atoms with Gasteiger partial charge in [0.15, 0.2) is 11.5 Å². The molecule has 6 heteroatoms. The van der Waals surface area contributed by atoms with Crippen molar-refractivity contribution in [2.45, 2.75) is 18.7 Å². The number of rotatable bonds is 3. The van der Waals surface area contributed by atoms with E-state index < -0.39 is 10.0 Å². The lowest BCUT2D eigenvalue weighted by Crippen LogP contribution is -2.27. The van der Waals surface area contributed by atoms with Gasteiger partial charge in [0.25, 0.3) is 10.0 Å². The summed E-state index contributed by atoms with van der Waals surface area (Å²) >= 11 is 0. The molecule has 0 amide bonds. The fourth-order valence-electron chi connectivity index (χ4n) is 2.40. The summed E-state index contributed by atoms with van der Waals surface area (Å²) in [6.45, 7) is 4.82. The highest BCUT2D eigenvalue weighted by molar-refractivity contribution is 7.92. The zero-order chi connectivity index (χ0) is 16.6. The first-order chi connectivity index (χ1) is 10.9. The van der Waals surface area contributed by atoms with E-state index >= 15 is 0 Å². The molecule has 0 aliphatic carbocycles. The third kappa shape index (κ3) is 2.86. The molecule has 1 aliphatic heterocycles. The summed E-state index contributed by atoms with van der Waals surface area (Å²) < 4.78 is 37.9. The minimum atomic E-state index is -3.62. The molecule has 0 saturated carbocycles. The maximum absolute atomic E-state index is 12.8. The number of sulfonamides is 1. The highest BCUT2D eigenvalue weighted by Gasteiger charge is 2.23. The molecule has 0 bridgehead atoms. The molecule has 0 fully saturated rings. The summed E-state index contributed by atoms with van der Waals surface area (Å²) in [5.41, 5.74) is 2.54. The first kappa shape index (κ1) is 15.7. The first-order valence-corrected chi connectivity index (χ1v) is 8.79. The van der Waals surface area contributed by atoms with Gasteiger partial charge in [-0.05, 0) is 49.2 Å². The van der Waals surface area contributed by atoms with Gasteiger partial charge < -0.3 is 9.47 Å². The van der Waals surface area contributed by atoms with Crippen molar-refractivity contribution < 1.29 is 17.9 Å². The molecule has 1 heterocycles. The van der Waals surface area contributed by atoms with Crippen molar-refractivity contribution in [2.24, 2.45) is 0 Å². The Morgan fingerprint density at radius 1 is 0.913 bits per heavy atom. The zero-order valence-corrected chi connectivity index (χ0v) is 14.2. The molecular formula is C17H19NO4S. The number of hydrogen-bond acceptors (Lipinski definition) is 4. The number of aryl methyl sites for hydroxylation is 2. The molecule has 0 atom stereocenters. The van der Waals surface area contributed by atoms with Crippen LogP contribution in [0.25, 0.3) is 0 Å². The Bertz CT molecular complexity index is 846. The fraction of sp³-hybridized carbons (Fsp3) is 0.294. The Morgan fingerprint density at radius 2 is 1.61 bits per heavy atom. The quantitative estimate of drug-likeness (QED) is 0.867. The summed E-state index contributed by atoms with van der Waals surface area (Å²) in [5, 5.41) is 0. The van der Waals surface area contributed by atoms with Crippen LogP contribution in [0.2, 0.25) is 0 Å². The predicted octanol–water partition coefficient (Wildman–Crippen LogP) is 2.90. The van der Waals surface area contributed by atoms with Crippen molar-refractivity contribution in [1.82, 2.24) is 0 Å². The van der Waals surface area contributed by atoms with Crippen molar-refractivity contribution in [3.8, 4) is 11.5 Å². The molecule has 0 N–H and O–H groups in total. The van der Waals surface area contributed by atoms with Gasteiger partial charge in [0.1, 0.15) is 13.2 Å². The van der Waals surface area contributed by atoms with E-state index in [0.29, 0.717) is 30.4 Å². The van der Waals surface area contributed by atoms with Gasteiger partial charge in [-0.2, -0.15) is 0 Å². The van der Waals surface area contributed by atoms with Crippen LogP contribution in [0.1, 0.15) is 11.1 Å². The molecule has 5 nitrogen and oxygen atoms in total. The van der Waals surface area contributed by atoms with Crippen LogP contribution >= 0.6 is 0 Å². The molecule has 23 heavy (non-hydrogen) atoms. The Balaban J connectivity index is 1.98. The van der Waals surface area contributed by atoms with Crippen molar-refractivity contribution in [3.63, 3.8) is 0 Å². The Labute approximate surface area is 136 Å². The van der Waals surface area contributed by atoms with E-state index in [1.165, 1.54) is 11.4 Å². The number of hydrogen-bond donors (Lipinski definition) is 0. The molecule has 0 spiro atoms. The van der Waals surface area contributed by atoms with E-state index in [-0.39, 0.29) is 4.90 Å². The van der Waals surface area contributed by atoms with Crippen LogP contribution < -0.4 is 13.8 Å². The van der Waals surface area contributed by atoms with Gasteiger partial charge in [-0.1, -0.05) is 6.07 Å². The first-order valence-electron chi connectivity index (χ1n) is 7.35. The topological polar surface area (TPSA) is 55.8 Å². The second-order valence-corrected chi connectivity index (χ2v) is 7.52. The lowest BCUT2D eigenvalue weighted by molar-refractivity contribution is 0.171. The molecule has 0 unspecified atom stereocenters. The molecule has 1 aliphatic rings. The van der Waals surface area contributed by atoms with E-state index in [2.05, 4.69) is 0 Å². The minimum absolute atomic E-state index is 0.276. The maximum Gasteiger partial charge on any atom is 0.264 e. The Hall–Kier alpha value is -2.21. The van der Waals surface area contributed by atoms with Gasteiger partial charge >= 0.3 is 0 Å². The average molecular weight is 333 g/mol. The highest BCUT2D eigenvalue weighted by atomic mass is 32.2. The molecule has 0 aromatic heterocycles. The summed E-state index contributed by atoms with van der Waals surface area (Å²) in [5.74, 6) is 1.20.